The zero-order chi connectivity index (χ0) is 16.2. The van der Waals surface area contributed by atoms with Gasteiger partial charge in [0, 0.05) is 13.0 Å². The van der Waals surface area contributed by atoms with Crippen LogP contribution in [0.25, 0.3) is 10.8 Å². The number of piperidine rings is 1. The molecule has 3 nitrogen and oxygen atoms in total. The van der Waals surface area contributed by atoms with Crippen LogP contribution < -0.4 is 4.74 Å². The first kappa shape index (κ1) is 16.0. The van der Waals surface area contributed by atoms with E-state index in [4.69, 9.17) is 4.74 Å². The highest BCUT2D eigenvalue weighted by Crippen LogP contribution is 2.29. The number of ether oxygens (including phenoxy) is 1. The highest BCUT2D eigenvalue weighted by molar-refractivity contribution is 6.10. The van der Waals surface area contributed by atoms with E-state index >= 15 is 0 Å². The minimum atomic E-state index is 0.178. The zero-order valence-electron chi connectivity index (χ0n) is 14.0. The third-order valence-corrected chi connectivity index (χ3v) is 4.92. The Labute approximate surface area is 138 Å². The molecule has 1 heterocycles. The van der Waals surface area contributed by atoms with E-state index in [1.54, 1.807) is 7.11 Å². The fourth-order valence-electron chi connectivity index (χ4n) is 3.38. The molecule has 0 aliphatic carbocycles. The van der Waals surface area contributed by atoms with Crippen LogP contribution in [0, 0.1) is 5.92 Å². The van der Waals surface area contributed by atoms with Crippen LogP contribution in [0.1, 0.15) is 36.5 Å². The Hall–Kier alpha value is -1.87. The summed E-state index contributed by atoms with van der Waals surface area (Å²) in [5.74, 6) is 1.68. The summed E-state index contributed by atoms with van der Waals surface area (Å²) in [5.41, 5.74) is 0.732. The predicted molar refractivity (Wildman–Crippen MR) is 94.3 cm³/mol. The van der Waals surface area contributed by atoms with Gasteiger partial charge in [-0.2, -0.15) is 0 Å². The van der Waals surface area contributed by atoms with Crippen molar-refractivity contribution in [3.63, 3.8) is 0 Å². The molecule has 0 radical (unpaired) electrons. The van der Waals surface area contributed by atoms with Gasteiger partial charge in [0.1, 0.15) is 5.75 Å². The van der Waals surface area contributed by atoms with Gasteiger partial charge >= 0.3 is 0 Å². The first-order valence-electron chi connectivity index (χ1n) is 8.50. The summed E-state index contributed by atoms with van der Waals surface area (Å²) in [5, 5.41) is 2.08. The van der Waals surface area contributed by atoms with Gasteiger partial charge < -0.3 is 9.64 Å². The summed E-state index contributed by atoms with van der Waals surface area (Å²) in [4.78, 5) is 15.3. The average Bonchev–Trinajstić information content (AvgIpc) is 2.60. The first-order chi connectivity index (χ1) is 11.2. The van der Waals surface area contributed by atoms with Crippen LogP contribution in [0.2, 0.25) is 0 Å². The van der Waals surface area contributed by atoms with Gasteiger partial charge in [-0.25, -0.2) is 0 Å². The van der Waals surface area contributed by atoms with Gasteiger partial charge in [-0.1, -0.05) is 37.3 Å². The number of nitrogens with zero attached hydrogens (tertiary/aromatic N) is 1. The molecular formula is C20H25NO2. The Morgan fingerprint density at radius 2 is 1.91 bits per heavy atom. The number of likely N-dealkylation sites (tertiary alicyclic amines) is 1. The van der Waals surface area contributed by atoms with Crippen LogP contribution >= 0.6 is 0 Å². The average molecular weight is 311 g/mol. The number of methoxy groups -OCH3 is 1. The molecule has 0 spiro atoms. The highest BCUT2D eigenvalue weighted by atomic mass is 16.5. The van der Waals surface area contributed by atoms with Gasteiger partial charge in [-0.05, 0) is 48.7 Å². The second-order valence-corrected chi connectivity index (χ2v) is 6.56. The van der Waals surface area contributed by atoms with Crippen molar-refractivity contribution >= 4 is 16.6 Å². The normalized spacial score (nSPS) is 16.6. The molecule has 3 heteroatoms. The second-order valence-electron chi connectivity index (χ2n) is 6.56. The SMILES string of the molecule is COc1ccc2ccccc2c1C(=O)CCN1CCC(C)CC1. The number of ketones is 1. The molecule has 0 unspecified atom stereocenters. The van der Waals surface area contributed by atoms with Gasteiger partial charge in [-0.15, -0.1) is 0 Å². The molecule has 1 fully saturated rings. The summed E-state index contributed by atoms with van der Waals surface area (Å²) in [6.45, 7) is 5.38. The van der Waals surface area contributed by atoms with E-state index in [-0.39, 0.29) is 5.78 Å². The molecule has 0 saturated carbocycles. The van der Waals surface area contributed by atoms with Crippen molar-refractivity contribution in [3.05, 3.63) is 42.0 Å². The van der Waals surface area contributed by atoms with Crippen molar-refractivity contribution in [1.82, 2.24) is 4.90 Å². The Kier molecular flexibility index (Phi) is 4.97. The van der Waals surface area contributed by atoms with Crippen LogP contribution in [-0.4, -0.2) is 37.4 Å². The van der Waals surface area contributed by atoms with E-state index in [1.807, 2.05) is 36.4 Å². The molecule has 23 heavy (non-hydrogen) atoms. The summed E-state index contributed by atoms with van der Waals surface area (Å²) in [6, 6.07) is 11.9. The number of hydrogen-bond donors (Lipinski definition) is 0. The molecule has 2 aromatic carbocycles. The van der Waals surface area contributed by atoms with Gasteiger partial charge in [0.05, 0.1) is 12.7 Å². The van der Waals surface area contributed by atoms with E-state index in [0.717, 1.165) is 41.9 Å². The number of fused-ring (bicyclic) bond motifs is 1. The molecule has 0 N–H and O–H groups in total. The lowest BCUT2D eigenvalue weighted by molar-refractivity contribution is 0.0951. The molecule has 3 rings (SSSR count). The number of carbonyl (C=O) groups is 1. The Balaban J connectivity index is 1.77. The summed E-state index contributed by atoms with van der Waals surface area (Å²) in [6.07, 6.45) is 3.04. The Bertz CT molecular complexity index is 687. The van der Waals surface area contributed by atoms with Gasteiger partial charge in [0.25, 0.3) is 0 Å². The summed E-state index contributed by atoms with van der Waals surface area (Å²) < 4.78 is 5.45. The van der Waals surface area contributed by atoms with E-state index in [2.05, 4.69) is 11.8 Å². The van der Waals surface area contributed by atoms with Crippen molar-refractivity contribution in [2.45, 2.75) is 26.2 Å². The second kappa shape index (κ2) is 7.14. The number of benzene rings is 2. The molecule has 0 bridgehead atoms. The molecule has 0 amide bonds. The van der Waals surface area contributed by atoms with Crippen molar-refractivity contribution in [3.8, 4) is 5.75 Å². The van der Waals surface area contributed by atoms with E-state index in [1.165, 1.54) is 12.8 Å². The maximum atomic E-state index is 12.8. The molecule has 1 saturated heterocycles. The molecule has 0 aromatic heterocycles. The molecule has 1 aliphatic heterocycles. The molecule has 122 valence electrons. The van der Waals surface area contributed by atoms with Crippen molar-refractivity contribution in [2.24, 2.45) is 5.92 Å². The predicted octanol–water partition coefficient (Wildman–Crippen LogP) is 4.15. The molecule has 2 aromatic rings. The maximum absolute atomic E-state index is 12.8. The first-order valence-corrected chi connectivity index (χ1v) is 8.50. The number of carbonyl (C=O) groups excluding carboxylic acids is 1. The van der Waals surface area contributed by atoms with Crippen molar-refractivity contribution in [2.75, 3.05) is 26.7 Å². The lowest BCUT2D eigenvalue weighted by Crippen LogP contribution is -2.34. The lowest BCUT2D eigenvalue weighted by atomic mass is 9.97. The van der Waals surface area contributed by atoms with Gasteiger partial charge in [-0.3, -0.25) is 4.79 Å². The van der Waals surface area contributed by atoms with Crippen LogP contribution in [-0.2, 0) is 0 Å². The lowest BCUT2D eigenvalue weighted by Gasteiger charge is -2.29. The standard InChI is InChI=1S/C20H25NO2/c1-15-9-12-21(13-10-15)14-11-18(22)20-17-6-4-3-5-16(17)7-8-19(20)23-2/h3-8,15H,9-14H2,1-2H3. The fraction of sp³-hybridized carbons (Fsp3) is 0.450. The van der Waals surface area contributed by atoms with Crippen molar-refractivity contribution in [1.29, 1.82) is 0 Å². The Morgan fingerprint density at radius 1 is 1.17 bits per heavy atom. The number of rotatable bonds is 5. The number of hydrogen-bond acceptors (Lipinski definition) is 3. The van der Waals surface area contributed by atoms with Crippen molar-refractivity contribution < 1.29 is 9.53 Å². The van der Waals surface area contributed by atoms with E-state index in [0.29, 0.717) is 12.2 Å². The topological polar surface area (TPSA) is 29.5 Å². The van der Waals surface area contributed by atoms with Crippen LogP contribution in [0.4, 0.5) is 0 Å². The smallest absolute Gasteiger partial charge is 0.168 e. The fourth-order valence-corrected chi connectivity index (χ4v) is 3.38. The highest BCUT2D eigenvalue weighted by Gasteiger charge is 2.19. The summed E-state index contributed by atoms with van der Waals surface area (Å²) in [7, 11) is 1.63. The van der Waals surface area contributed by atoms with Gasteiger partial charge in [0.15, 0.2) is 5.78 Å². The van der Waals surface area contributed by atoms with Crippen LogP contribution in [0.5, 0.6) is 5.75 Å². The molecule has 1 aliphatic rings. The van der Waals surface area contributed by atoms with Crippen LogP contribution in [0.3, 0.4) is 0 Å². The minimum Gasteiger partial charge on any atom is -0.496 e. The third-order valence-electron chi connectivity index (χ3n) is 4.92. The van der Waals surface area contributed by atoms with Crippen LogP contribution in [0.15, 0.2) is 36.4 Å². The number of Topliss-reactive ketones (excluding diaryl/α,β-unsaturated/α-hetero) is 1. The van der Waals surface area contributed by atoms with E-state index in [9.17, 15) is 4.79 Å². The zero-order valence-corrected chi connectivity index (χ0v) is 14.0. The quantitative estimate of drug-likeness (QED) is 0.777. The van der Waals surface area contributed by atoms with Gasteiger partial charge in [0.2, 0.25) is 0 Å². The third kappa shape index (κ3) is 3.56. The minimum absolute atomic E-state index is 0.178. The molecular weight excluding hydrogens is 286 g/mol. The maximum Gasteiger partial charge on any atom is 0.168 e. The Morgan fingerprint density at radius 3 is 2.65 bits per heavy atom. The molecule has 0 atom stereocenters. The summed E-state index contributed by atoms with van der Waals surface area (Å²) >= 11 is 0. The largest absolute Gasteiger partial charge is 0.496 e. The van der Waals surface area contributed by atoms with E-state index < -0.39 is 0 Å². The monoisotopic (exact) mass is 311 g/mol.